The zero-order valence-corrected chi connectivity index (χ0v) is 31.5. The number of ether oxygens (including phenoxy) is 3. The minimum Gasteiger partial charge on any atom is -0.484 e. The van der Waals surface area contributed by atoms with Crippen molar-refractivity contribution in [1.29, 1.82) is 0 Å². The van der Waals surface area contributed by atoms with Crippen LogP contribution in [0.15, 0.2) is 54.7 Å². The predicted molar refractivity (Wildman–Crippen MR) is 197 cm³/mol. The maximum absolute atomic E-state index is 14.8. The van der Waals surface area contributed by atoms with Gasteiger partial charge in [0.25, 0.3) is 12.3 Å². The van der Waals surface area contributed by atoms with E-state index in [9.17, 15) is 40.8 Å². The van der Waals surface area contributed by atoms with E-state index in [1.54, 1.807) is 6.08 Å². The minimum atomic E-state index is -3.97. The fourth-order valence-electron chi connectivity index (χ4n) is 8.08. The molecule has 57 heavy (non-hydrogen) atoms. The number of hydrogen-bond acceptors (Lipinski definition) is 10. The first kappa shape index (κ1) is 38.7. The van der Waals surface area contributed by atoms with Gasteiger partial charge >= 0.3 is 6.09 Å². The third-order valence-corrected chi connectivity index (χ3v) is 13.1. The summed E-state index contributed by atoms with van der Waals surface area (Å²) in [5.41, 5.74) is -0.636. The van der Waals surface area contributed by atoms with Crippen molar-refractivity contribution in [3.05, 3.63) is 66.2 Å². The predicted octanol–water partition coefficient (Wildman–Crippen LogP) is 4.06. The van der Waals surface area contributed by atoms with Gasteiger partial charge in [-0.1, -0.05) is 43.2 Å². The number of alkyl halides is 2. The summed E-state index contributed by atoms with van der Waals surface area (Å²) in [6, 6.07) is 1.44. The third-order valence-electron chi connectivity index (χ3n) is 11.3. The summed E-state index contributed by atoms with van der Waals surface area (Å²) in [4.78, 5) is 61.3. The van der Waals surface area contributed by atoms with E-state index in [2.05, 4.69) is 20.1 Å². The molecule has 1 aromatic carbocycles. The van der Waals surface area contributed by atoms with Gasteiger partial charge in [0.2, 0.25) is 21.8 Å². The summed E-state index contributed by atoms with van der Waals surface area (Å²) < 4.78 is 85.9. The maximum Gasteiger partial charge on any atom is 0.407 e. The van der Waals surface area contributed by atoms with Crippen molar-refractivity contribution in [2.45, 2.75) is 105 Å². The fourth-order valence-corrected chi connectivity index (χ4v) is 9.45. The average Bonchev–Trinajstić information content (AvgIpc) is 4.08. The number of pyridine rings is 1. The number of fused-ring (bicyclic) bond motifs is 6. The molecule has 3 N–H and O–H groups in total. The number of nitrogens with one attached hydrogen (secondary N) is 3. The number of alkyl carbamates (subject to hydrolysis) is 1. The summed E-state index contributed by atoms with van der Waals surface area (Å²) in [5, 5.41) is 4.78. The zero-order valence-electron chi connectivity index (χ0n) is 30.7. The number of halogens is 3. The van der Waals surface area contributed by atoms with E-state index >= 15 is 0 Å². The lowest BCUT2D eigenvalue weighted by Gasteiger charge is -2.29. The quantitative estimate of drug-likeness (QED) is 0.329. The molecule has 304 valence electrons. The van der Waals surface area contributed by atoms with Crippen LogP contribution in [0.3, 0.4) is 0 Å². The van der Waals surface area contributed by atoms with Gasteiger partial charge in [-0.05, 0) is 62.8 Å². The molecule has 2 saturated carbocycles. The SMILES string of the molecule is O=C(N[C@H]1CCCCC/C=C\[C@@H]2C[C@@]2(C(=O)NS(=O)(=O)C2CC2)NC(=O)[C@@H]2C[C@@H](Oc3c4c(nc5ccc(F)cc35)C3C=CC=CC3O4)CN2C1=O)OCC(F)F. The van der Waals surface area contributed by atoms with Gasteiger partial charge in [-0.3, -0.25) is 19.1 Å². The number of amides is 4. The van der Waals surface area contributed by atoms with E-state index in [0.29, 0.717) is 55.1 Å². The summed E-state index contributed by atoms with van der Waals surface area (Å²) in [6.07, 6.45) is 8.85. The smallest absolute Gasteiger partial charge is 0.407 e. The van der Waals surface area contributed by atoms with E-state index in [4.69, 9.17) is 14.5 Å². The van der Waals surface area contributed by atoms with Crippen molar-refractivity contribution in [3.8, 4) is 11.5 Å². The van der Waals surface area contributed by atoms with Crippen molar-refractivity contribution < 1.29 is 55.0 Å². The molecule has 14 nitrogen and oxygen atoms in total. The summed E-state index contributed by atoms with van der Waals surface area (Å²) in [6.45, 7) is -1.41. The van der Waals surface area contributed by atoms with Gasteiger partial charge in [-0.25, -0.2) is 31.4 Å². The summed E-state index contributed by atoms with van der Waals surface area (Å²) >= 11 is 0. The molecule has 2 unspecified atom stereocenters. The maximum atomic E-state index is 14.8. The van der Waals surface area contributed by atoms with Gasteiger partial charge in [0.15, 0.2) is 18.1 Å². The molecule has 1 saturated heterocycles. The van der Waals surface area contributed by atoms with Crippen molar-refractivity contribution in [1.82, 2.24) is 25.2 Å². The van der Waals surface area contributed by atoms with Gasteiger partial charge in [0.1, 0.15) is 35.6 Å². The van der Waals surface area contributed by atoms with Gasteiger partial charge in [0.05, 0.1) is 28.9 Å². The Labute approximate surface area is 326 Å². The molecule has 3 fully saturated rings. The van der Waals surface area contributed by atoms with Crippen LogP contribution in [-0.4, -0.2) is 96.8 Å². The fraction of sp³-hybridized carbons (Fsp3) is 0.513. The van der Waals surface area contributed by atoms with E-state index in [1.165, 1.54) is 23.1 Å². The molecular weight excluding hydrogens is 772 g/mol. The van der Waals surface area contributed by atoms with Crippen LogP contribution in [0.5, 0.6) is 11.5 Å². The Morgan fingerprint density at radius 1 is 1.09 bits per heavy atom. The lowest BCUT2D eigenvalue weighted by molar-refractivity contribution is -0.141. The lowest BCUT2D eigenvalue weighted by Crippen LogP contribution is -2.58. The topological polar surface area (TPSA) is 182 Å². The minimum absolute atomic E-state index is 0.0934. The van der Waals surface area contributed by atoms with Crippen molar-refractivity contribution in [2.24, 2.45) is 5.92 Å². The monoisotopic (exact) mass is 813 g/mol. The molecule has 4 amide bonds. The Morgan fingerprint density at radius 3 is 2.68 bits per heavy atom. The molecule has 2 aromatic rings. The second-order valence-corrected chi connectivity index (χ2v) is 17.3. The number of aromatic nitrogens is 1. The molecule has 7 atom stereocenters. The molecule has 3 aliphatic carbocycles. The summed E-state index contributed by atoms with van der Waals surface area (Å²) in [7, 11) is -3.97. The first-order chi connectivity index (χ1) is 27.3. The highest BCUT2D eigenvalue weighted by Crippen LogP contribution is 2.50. The molecule has 6 aliphatic rings. The van der Waals surface area contributed by atoms with Crippen molar-refractivity contribution in [3.63, 3.8) is 0 Å². The largest absolute Gasteiger partial charge is 0.484 e. The van der Waals surface area contributed by atoms with Crippen LogP contribution in [0.1, 0.15) is 69.4 Å². The molecule has 3 aliphatic heterocycles. The first-order valence-corrected chi connectivity index (χ1v) is 20.8. The number of carbonyl (C=O) groups is 4. The summed E-state index contributed by atoms with van der Waals surface area (Å²) in [5.74, 6) is -3.28. The molecule has 0 spiro atoms. The third kappa shape index (κ3) is 7.92. The van der Waals surface area contributed by atoms with Crippen molar-refractivity contribution in [2.75, 3.05) is 13.2 Å². The highest BCUT2D eigenvalue weighted by molar-refractivity contribution is 7.91. The number of sulfonamides is 1. The number of hydrogen-bond donors (Lipinski definition) is 3. The standard InChI is InChI=1S/C39H42F3N5O9S/c40-22-12-15-27-26(16-22)33(34-32(43-27)25-9-6-7-11-30(25)56-34)55-23-17-29-35(48)45-39(37(50)46-57(52,53)24-13-14-24)18-21(39)8-4-2-1-3-5-10-28(36(49)47(29)19-23)44-38(51)54-20-31(41)42/h4,6-9,11-12,15-16,21,23-25,28-31H,1-3,5,10,13-14,17-20H2,(H,44,51)(H,45,48)(H,46,50)/b8-4-/t21-,23-,25?,28+,29+,30?,39-/m1/s1. The van der Waals surface area contributed by atoms with E-state index < -0.39 is 93.7 Å². The second kappa shape index (κ2) is 15.3. The van der Waals surface area contributed by atoms with Crippen LogP contribution in [0.2, 0.25) is 0 Å². The number of benzene rings is 1. The molecule has 0 radical (unpaired) electrons. The second-order valence-electron chi connectivity index (χ2n) is 15.4. The Bertz CT molecular complexity index is 2180. The number of nitrogens with zero attached hydrogens (tertiary/aromatic N) is 2. The molecule has 8 rings (SSSR count). The van der Waals surface area contributed by atoms with Crippen LogP contribution in [0.25, 0.3) is 10.9 Å². The van der Waals surface area contributed by atoms with E-state index in [1.807, 2.05) is 30.4 Å². The van der Waals surface area contributed by atoms with Crippen LogP contribution >= 0.6 is 0 Å². The number of allylic oxidation sites excluding steroid dienone is 3. The van der Waals surface area contributed by atoms with Gasteiger partial charge in [-0.15, -0.1) is 0 Å². The van der Waals surface area contributed by atoms with Crippen LogP contribution in [-0.2, 0) is 29.1 Å². The number of rotatable bonds is 8. The average molecular weight is 814 g/mol. The normalized spacial score (nSPS) is 30.1. The Morgan fingerprint density at radius 2 is 1.89 bits per heavy atom. The van der Waals surface area contributed by atoms with E-state index in [-0.39, 0.29) is 43.2 Å². The molecular formula is C39H42F3N5O9S. The Kier molecular flexibility index (Phi) is 10.4. The van der Waals surface area contributed by atoms with Crippen LogP contribution < -0.4 is 24.8 Å². The first-order valence-electron chi connectivity index (χ1n) is 19.2. The molecule has 18 heteroatoms. The van der Waals surface area contributed by atoms with Crippen molar-refractivity contribution >= 4 is 44.7 Å². The molecule has 4 heterocycles. The van der Waals surface area contributed by atoms with Gasteiger partial charge < -0.3 is 29.7 Å². The lowest BCUT2D eigenvalue weighted by atomic mass is 9.95. The zero-order chi connectivity index (χ0) is 40.1. The highest BCUT2D eigenvalue weighted by Gasteiger charge is 2.62. The van der Waals surface area contributed by atoms with Gasteiger partial charge in [-0.2, -0.15) is 0 Å². The van der Waals surface area contributed by atoms with E-state index in [0.717, 1.165) is 0 Å². The van der Waals surface area contributed by atoms with Gasteiger partial charge in [0, 0.05) is 17.7 Å². The van der Waals surface area contributed by atoms with Crippen LogP contribution in [0, 0.1) is 11.7 Å². The Hall–Kier alpha value is -5.13. The number of carbonyl (C=O) groups excluding carboxylic acids is 4. The highest BCUT2D eigenvalue weighted by atomic mass is 32.2. The Balaban J connectivity index is 1.13. The van der Waals surface area contributed by atoms with Crippen LogP contribution in [0.4, 0.5) is 18.0 Å². The molecule has 1 aromatic heterocycles. The molecule has 0 bridgehead atoms.